The van der Waals surface area contributed by atoms with Gasteiger partial charge in [-0.2, -0.15) is 0 Å². The number of carbonyl (C=O) groups excluding carboxylic acids is 2. The van der Waals surface area contributed by atoms with E-state index in [1.807, 2.05) is 32.0 Å². The number of rotatable bonds is 4. The predicted octanol–water partition coefficient (Wildman–Crippen LogP) is 4.95. The maximum atomic E-state index is 12.4. The molecule has 134 valence electrons. The van der Waals surface area contributed by atoms with Gasteiger partial charge in [0.15, 0.2) is 0 Å². The molecule has 0 aromatic heterocycles. The number of thioether (sulfide) groups is 1. The number of fused-ring (bicyclic) bond motifs is 1. The molecule has 1 atom stereocenters. The van der Waals surface area contributed by atoms with Gasteiger partial charge < -0.3 is 10.6 Å². The Labute approximate surface area is 162 Å². The van der Waals surface area contributed by atoms with Crippen molar-refractivity contribution in [3.8, 4) is 0 Å². The van der Waals surface area contributed by atoms with Gasteiger partial charge in [0.05, 0.1) is 10.6 Å². The first kappa shape index (κ1) is 18.5. The van der Waals surface area contributed by atoms with Crippen LogP contribution in [0.1, 0.15) is 36.2 Å². The van der Waals surface area contributed by atoms with Gasteiger partial charge >= 0.3 is 0 Å². The van der Waals surface area contributed by atoms with Crippen LogP contribution < -0.4 is 10.6 Å². The van der Waals surface area contributed by atoms with E-state index in [9.17, 15) is 9.59 Å². The number of carbonyl (C=O) groups is 2. The van der Waals surface area contributed by atoms with E-state index in [1.165, 1.54) is 11.8 Å². The Balaban J connectivity index is 1.83. The average molecular weight is 387 g/mol. The van der Waals surface area contributed by atoms with E-state index in [0.29, 0.717) is 21.2 Å². The summed E-state index contributed by atoms with van der Waals surface area (Å²) in [6.45, 7) is 3.98. The third kappa shape index (κ3) is 4.29. The number of amides is 2. The molecular formula is C20H19ClN2O2S. The zero-order chi connectivity index (χ0) is 18.7. The number of hydrogen-bond donors (Lipinski definition) is 2. The molecule has 2 aromatic carbocycles. The van der Waals surface area contributed by atoms with Crippen LogP contribution in [0.4, 0.5) is 5.69 Å². The molecule has 0 saturated heterocycles. The van der Waals surface area contributed by atoms with E-state index in [2.05, 4.69) is 10.6 Å². The summed E-state index contributed by atoms with van der Waals surface area (Å²) in [5.41, 5.74) is 2.05. The summed E-state index contributed by atoms with van der Waals surface area (Å²) in [5.74, 6) is -0.330. The summed E-state index contributed by atoms with van der Waals surface area (Å²) < 4.78 is 0. The zero-order valence-electron chi connectivity index (χ0n) is 14.5. The summed E-state index contributed by atoms with van der Waals surface area (Å²) in [4.78, 5) is 26.2. The third-order valence-corrected chi connectivity index (χ3v) is 5.40. The van der Waals surface area contributed by atoms with E-state index in [0.717, 1.165) is 16.9 Å². The minimum Gasteiger partial charge on any atom is -0.350 e. The van der Waals surface area contributed by atoms with Crippen LogP contribution in [0.25, 0.3) is 6.08 Å². The quantitative estimate of drug-likeness (QED) is 0.730. The van der Waals surface area contributed by atoms with E-state index in [4.69, 9.17) is 11.6 Å². The van der Waals surface area contributed by atoms with Gasteiger partial charge in [0.25, 0.3) is 11.8 Å². The Kier molecular flexibility index (Phi) is 5.69. The second-order valence-electron chi connectivity index (χ2n) is 6.11. The van der Waals surface area contributed by atoms with Gasteiger partial charge in [0.2, 0.25) is 0 Å². The molecule has 2 aromatic rings. The lowest BCUT2D eigenvalue weighted by molar-refractivity contribution is -0.112. The molecule has 0 fully saturated rings. The molecule has 2 N–H and O–H groups in total. The van der Waals surface area contributed by atoms with Crippen molar-refractivity contribution >= 4 is 46.9 Å². The molecule has 6 heteroatoms. The van der Waals surface area contributed by atoms with Gasteiger partial charge in [-0.15, -0.1) is 0 Å². The minimum atomic E-state index is -0.193. The van der Waals surface area contributed by atoms with E-state index in [1.54, 1.807) is 30.3 Å². The van der Waals surface area contributed by atoms with Crippen LogP contribution in [0.15, 0.2) is 52.3 Å². The number of nitrogens with one attached hydrogen (secondary N) is 2. The summed E-state index contributed by atoms with van der Waals surface area (Å²) in [5, 5.41) is 6.42. The number of hydrogen-bond acceptors (Lipinski definition) is 3. The molecule has 1 heterocycles. The van der Waals surface area contributed by atoms with Crippen molar-refractivity contribution in [1.82, 2.24) is 5.32 Å². The molecule has 2 amide bonds. The summed E-state index contributed by atoms with van der Waals surface area (Å²) in [6.07, 6.45) is 2.67. The third-order valence-electron chi connectivity index (χ3n) is 4.07. The molecule has 4 nitrogen and oxygen atoms in total. The van der Waals surface area contributed by atoms with Crippen molar-refractivity contribution in [1.29, 1.82) is 0 Å². The van der Waals surface area contributed by atoms with Gasteiger partial charge in [0, 0.05) is 21.5 Å². The highest BCUT2D eigenvalue weighted by atomic mass is 35.5. The molecule has 26 heavy (non-hydrogen) atoms. The smallest absolute Gasteiger partial charge is 0.262 e. The highest BCUT2D eigenvalue weighted by Gasteiger charge is 2.22. The number of benzene rings is 2. The lowest BCUT2D eigenvalue weighted by Gasteiger charge is -2.20. The Morgan fingerprint density at radius 1 is 1.31 bits per heavy atom. The topological polar surface area (TPSA) is 58.2 Å². The van der Waals surface area contributed by atoms with Crippen LogP contribution in [0, 0.1) is 0 Å². The molecule has 1 aliphatic heterocycles. The lowest BCUT2D eigenvalue weighted by atomic mass is 10.1. The Morgan fingerprint density at radius 3 is 2.85 bits per heavy atom. The second kappa shape index (κ2) is 7.98. The molecule has 0 saturated carbocycles. The monoisotopic (exact) mass is 386 g/mol. The first-order chi connectivity index (χ1) is 12.5. The van der Waals surface area contributed by atoms with Crippen molar-refractivity contribution < 1.29 is 9.59 Å². The summed E-state index contributed by atoms with van der Waals surface area (Å²) >= 11 is 7.38. The Hall–Kier alpha value is -2.24. The standard InChI is InChI=1S/C20H19ClN2O2S/c1-3-12(2)22-19(24)14-7-8-17-16(11-14)23-20(25)18(26-17)10-13-5-4-6-15(21)9-13/h4-12H,3H2,1-2H3,(H,22,24)(H,23,25). The van der Waals surface area contributed by atoms with Crippen LogP contribution in [0.5, 0.6) is 0 Å². The predicted molar refractivity (Wildman–Crippen MR) is 108 cm³/mol. The SMILES string of the molecule is CCC(C)NC(=O)c1ccc2c(c1)NC(=O)C(=Cc1cccc(Cl)c1)S2. The molecule has 0 bridgehead atoms. The number of anilines is 1. The first-order valence-electron chi connectivity index (χ1n) is 8.37. The highest BCUT2D eigenvalue weighted by Crippen LogP contribution is 2.39. The molecule has 1 aliphatic rings. The first-order valence-corrected chi connectivity index (χ1v) is 9.57. The van der Waals surface area contributed by atoms with Crippen molar-refractivity contribution in [2.45, 2.75) is 31.2 Å². The van der Waals surface area contributed by atoms with Crippen molar-refractivity contribution in [2.75, 3.05) is 5.32 Å². The van der Waals surface area contributed by atoms with Gasteiger partial charge in [-0.05, 0) is 55.3 Å². The van der Waals surface area contributed by atoms with E-state index < -0.39 is 0 Å². The summed E-state index contributed by atoms with van der Waals surface area (Å²) in [7, 11) is 0. The van der Waals surface area contributed by atoms with Crippen molar-refractivity contribution in [3.05, 3.63) is 63.5 Å². The second-order valence-corrected chi connectivity index (χ2v) is 7.63. The lowest BCUT2D eigenvalue weighted by Crippen LogP contribution is -2.32. The molecule has 0 aliphatic carbocycles. The normalized spacial score (nSPS) is 16.0. The van der Waals surface area contributed by atoms with Crippen molar-refractivity contribution in [2.24, 2.45) is 0 Å². The van der Waals surface area contributed by atoms with E-state index >= 15 is 0 Å². The van der Waals surface area contributed by atoms with Crippen LogP contribution in [-0.2, 0) is 4.79 Å². The molecule has 0 radical (unpaired) electrons. The average Bonchev–Trinajstić information content (AvgIpc) is 2.61. The van der Waals surface area contributed by atoms with Crippen LogP contribution >= 0.6 is 23.4 Å². The van der Waals surface area contributed by atoms with Gasteiger partial charge in [-0.1, -0.05) is 42.4 Å². The molecule has 0 spiro atoms. The molecule has 1 unspecified atom stereocenters. The Morgan fingerprint density at radius 2 is 2.12 bits per heavy atom. The van der Waals surface area contributed by atoms with Gasteiger partial charge in [0.1, 0.15) is 0 Å². The fourth-order valence-electron chi connectivity index (χ4n) is 2.46. The maximum absolute atomic E-state index is 12.4. The molecular weight excluding hydrogens is 368 g/mol. The van der Waals surface area contributed by atoms with Crippen molar-refractivity contribution in [3.63, 3.8) is 0 Å². The van der Waals surface area contributed by atoms with Gasteiger partial charge in [-0.3, -0.25) is 9.59 Å². The van der Waals surface area contributed by atoms with E-state index in [-0.39, 0.29) is 17.9 Å². The Bertz CT molecular complexity index is 895. The van der Waals surface area contributed by atoms with Crippen LogP contribution in [0.2, 0.25) is 5.02 Å². The largest absolute Gasteiger partial charge is 0.350 e. The number of halogens is 1. The van der Waals surface area contributed by atoms with Gasteiger partial charge in [-0.25, -0.2) is 0 Å². The highest BCUT2D eigenvalue weighted by molar-refractivity contribution is 8.04. The fraction of sp³-hybridized carbons (Fsp3) is 0.200. The molecule has 3 rings (SSSR count). The summed E-state index contributed by atoms with van der Waals surface area (Å²) in [6, 6.07) is 12.8. The van der Waals surface area contributed by atoms with Crippen LogP contribution in [0.3, 0.4) is 0 Å². The minimum absolute atomic E-state index is 0.106. The zero-order valence-corrected chi connectivity index (χ0v) is 16.1. The fourth-order valence-corrected chi connectivity index (χ4v) is 3.59. The van der Waals surface area contributed by atoms with Crippen LogP contribution in [-0.4, -0.2) is 17.9 Å². The maximum Gasteiger partial charge on any atom is 0.262 e.